The third-order valence-corrected chi connectivity index (χ3v) is 6.65. The first-order valence-corrected chi connectivity index (χ1v) is 15.5. The molecule has 0 radical (unpaired) electrons. The fraction of sp³-hybridized carbons (Fsp3) is 0.667. The van der Waals surface area contributed by atoms with Crippen LogP contribution >= 0.6 is 0 Å². The molecule has 0 amide bonds. The molecule has 1 aromatic rings. The minimum absolute atomic E-state index is 0.116. The maximum absolute atomic E-state index is 12.2. The lowest BCUT2D eigenvalue weighted by Crippen LogP contribution is -2.31. The van der Waals surface area contributed by atoms with Crippen LogP contribution in [0.4, 0.5) is 5.69 Å². The van der Waals surface area contributed by atoms with E-state index in [1.807, 2.05) is 24.3 Å². The van der Waals surface area contributed by atoms with Gasteiger partial charge in [-0.2, -0.15) is 0 Å². The van der Waals surface area contributed by atoms with E-state index in [2.05, 4.69) is 12.2 Å². The van der Waals surface area contributed by atoms with E-state index in [0.29, 0.717) is 0 Å². The van der Waals surface area contributed by atoms with Gasteiger partial charge in [0.05, 0.1) is 19.6 Å². The van der Waals surface area contributed by atoms with Gasteiger partial charge in [-0.15, -0.1) is 0 Å². The number of anilines is 1. The Kier molecular flexibility index (Phi) is 21.1. The predicted molar refractivity (Wildman–Crippen MR) is 162 cm³/mol. The second kappa shape index (κ2) is 24.0. The topological polar surface area (TPSA) is 90.9 Å². The monoisotopic (exact) mass is 559 g/mol. The number of rotatable bonds is 24. The highest BCUT2D eigenvalue weighted by atomic mass is 16.6. The zero-order valence-electron chi connectivity index (χ0n) is 25.2. The first-order valence-electron chi connectivity index (χ1n) is 15.5. The third kappa shape index (κ3) is 18.5. The molecule has 0 aromatic heterocycles. The second-order valence-electron chi connectivity index (χ2n) is 10.2. The van der Waals surface area contributed by atoms with Crippen molar-refractivity contribution in [2.24, 2.45) is 0 Å². The summed E-state index contributed by atoms with van der Waals surface area (Å²) in [7, 11) is 0. The van der Waals surface area contributed by atoms with Gasteiger partial charge in [0.15, 0.2) is 0 Å². The smallest absolute Gasteiger partial charge is 0.348 e. The summed E-state index contributed by atoms with van der Waals surface area (Å²) < 4.78 is 14.9. The van der Waals surface area contributed by atoms with E-state index in [-0.39, 0.29) is 19.6 Å². The Morgan fingerprint density at radius 1 is 0.725 bits per heavy atom. The molecule has 7 nitrogen and oxygen atoms in total. The van der Waals surface area contributed by atoms with Crippen LogP contribution in [-0.4, -0.2) is 43.8 Å². The summed E-state index contributed by atoms with van der Waals surface area (Å²) in [5.74, 6) is -2.14. The SMILES string of the molecule is CCCCCCCCCCCCCCCCNc1ccc(/C=C/C(=O)OC(CC(=O)OCC)C(=O)OCC)cc1. The molecule has 1 N–H and O–H groups in total. The lowest BCUT2D eigenvalue weighted by Gasteiger charge is -2.14. The number of hydrogen-bond acceptors (Lipinski definition) is 7. The van der Waals surface area contributed by atoms with E-state index in [9.17, 15) is 14.4 Å². The Bertz CT molecular complexity index is 836. The summed E-state index contributed by atoms with van der Waals surface area (Å²) in [5.41, 5.74) is 1.85. The van der Waals surface area contributed by atoms with Gasteiger partial charge in [-0.1, -0.05) is 103 Å². The lowest BCUT2D eigenvalue weighted by molar-refractivity contribution is -0.169. The zero-order valence-corrected chi connectivity index (χ0v) is 25.2. The Morgan fingerprint density at radius 3 is 1.77 bits per heavy atom. The van der Waals surface area contributed by atoms with Crippen molar-refractivity contribution in [3.05, 3.63) is 35.9 Å². The predicted octanol–water partition coefficient (Wildman–Crippen LogP) is 8.02. The molecule has 1 rings (SSSR count). The van der Waals surface area contributed by atoms with Crippen LogP contribution in [0.5, 0.6) is 0 Å². The van der Waals surface area contributed by atoms with Crippen molar-refractivity contribution in [3.63, 3.8) is 0 Å². The Morgan fingerprint density at radius 2 is 1.25 bits per heavy atom. The average Bonchev–Trinajstić information content (AvgIpc) is 2.94. The van der Waals surface area contributed by atoms with Crippen molar-refractivity contribution < 1.29 is 28.6 Å². The van der Waals surface area contributed by atoms with Crippen LogP contribution in [0.3, 0.4) is 0 Å². The van der Waals surface area contributed by atoms with Crippen molar-refractivity contribution in [2.75, 3.05) is 25.1 Å². The van der Waals surface area contributed by atoms with Gasteiger partial charge in [0.25, 0.3) is 0 Å². The number of nitrogens with one attached hydrogen (secondary N) is 1. The highest BCUT2D eigenvalue weighted by Gasteiger charge is 2.27. The Balaban J connectivity index is 2.20. The summed E-state index contributed by atoms with van der Waals surface area (Å²) in [6.07, 6.45) is 20.1. The van der Waals surface area contributed by atoms with Crippen LogP contribution in [0.25, 0.3) is 6.08 Å². The quantitative estimate of drug-likeness (QED) is 0.0593. The van der Waals surface area contributed by atoms with Gasteiger partial charge in [-0.25, -0.2) is 9.59 Å². The molecule has 7 heteroatoms. The van der Waals surface area contributed by atoms with Gasteiger partial charge >= 0.3 is 17.9 Å². The molecule has 226 valence electrons. The molecule has 1 atom stereocenters. The fourth-order valence-corrected chi connectivity index (χ4v) is 4.39. The summed E-state index contributed by atoms with van der Waals surface area (Å²) in [4.78, 5) is 36.0. The molecule has 0 saturated heterocycles. The molecule has 0 spiro atoms. The molecule has 0 heterocycles. The number of carbonyl (C=O) groups excluding carboxylic acids is 3. The van der Waals surface area contributed by atoms with E-state index < -0.39 is 24.0 Å². The minimum atomic E-state index is -1.34. The Labute approximate surface area is 242 Å². The minimum Gasteiger partial charge on any atom is -0.466 e. The standard InChI is InChI=1S/C33H53NO6/c1-4-7-8-9-10-11-12-13-14-15-16-17-18-19-26-34-29-23-20-28(21-24-29)22-25-31(35)40-30(33(37)39-6-3)27-32(36)38-5-2/h20-25,30,34H,4-19,26-27H2,1-3H3/b25-22+. The van der Waals surface area contributed by atoms with E-state index in [0.717, 1.165) is 24.2 Å². The van der Waals surface area contributed by atoms with Gasteiger partial charge in [-0.05, 0) is 44.0 Å². The Hall–Kier alpha value is -2.83. The highest BCUT2D eigenvalue weighted by Crippen LogP contribution is 2.14. The number of carbonyl (C=O) groups is 3. The molecule has 0 aliphatic rings. The number of benzene rings is 1. The number of esters is 3. The van der Waals surface area contributed by atoms with Gasteiger partial charge in [0.1, 0.15) is 0 Å². The molecule has 1 aromatic carbocycles. The average molecular weight is 560 g/mol. The summed E-state index contributed by atoms with van der Waals surface area (Å²) in [6, 6.07) is 7.74. The van der Waals surface area contributed by atoms with Crippen LogP contribution in [-0.2, 0) is 28.6 Å². The number of unbranched alkanes of at least 4 members (excludes halogenated alkanes) is 13. The lowest BCUT2D eigenvalue weighted by atomic mass is 10.0. The molecule has 0 fully saturated rings. The summed E-state index contributed by atoms with van der Waals surface area (Å²) in [6.45, 7) is 6.80. The van der Waals surface area contributed by atoms with Crippen LogP contribution < -0.4 is 5.32 Å². The van der Waals surface area contributed by atoms with Crippen LogP contribution in [0.2, 0.25) is 0 Å². The first kappa shape index (κ1) is 35.2. The maximum atomic E-state index is 12.2. The van der Waals surface area contributed by atoms with Crippen molar-refractivity contribution in [1.82, 2.24) is 0 Å². The van der Waals surface area contributed by atoms with E-state index in [1.54, 1.807) is 19.9 Å². The van der Waals surface area contributed by atoms with Crippen molar-refractivity contribution in [1.29, 1.82) is 0 Å². The third-order valence-electron chi connectivity index (χ3n) is 6.65. The van der Waals surface area contributed by atoms with E-state index >= 15 is 0 Å². The summed E-state index contributed by atoms with van der Waals surface area (Å²) in [5, 5.41) is 3.45. The van der Waals surface area contributed by atoms with Crippen molar-refractivity contribution in [2.45, 2.75) is 123 Å². The fourth-order valence-electron chi connectivity index (χ4n) is 4.39. The number of ether oxygens (including phenoxy) is 3. The largest absolute Gasteiger partial charge is 0.466 e. The summed E-state index contributed by atoms with van der Waals surface area (Å²) >= 11 is 0. The number of hydrogen-bond donors (Lipinski definition) is 1. The molecule has 40 heavy (non-hydrogen) atoms. The molecule has 0 bridgehead atoms. The van der Waals surface area contributed by atoms with Crippen molar-refractivity contribution >= 4 is 29.7 Å². The molecule has 0 saturated carbocycles. The van der Waals surface area contributed by atoms with Gasteiger partial charge in [0, 0.05) is 18.3 Å². The normalized spacial score (nSPS) is 11.8. The molecule has 0 aliphatic heterocycles. The van der Waals surface area contributed by atoms with Crippen LogP contribution in [0.1, 0.15) is 123 Å². The van der Waals surface area contributed by atoms with Crippen LogP contribution in [0, 0.1) is 0 Å². The molecular formula is C33H53NO6. The van der Waals surface area contributed by atoms with E-state index in [1.165, 1.54) is 89.5 Å². The zero-order chi connectivity index (χ0) is 29.3. The first-order chi connectivity index (χ1) is 19.5. The van der Waals surface area contributed by atoms with Crippen molar-refractivity contribution in [3.8, 4) is 0 Å². The van der Waals surface area contributed by atoms with Gasteiger partial charge in [-0.3, -0.25) is 4.79 Å². The van der Waals surface area contributed by atoms with E-state index in [4.69, 9.17) is 14.2 Å². The molecule has 0 aliphatic carbocycles. The van der Waals surface area contributed by atoms with Gasteiger partial charge in [0.2, 0.25) is 6.10 Å². The molecular weight excluding hydrogens is 506 g/mol. The van der Waals surface area contributed by atoms with Gasteiger partial charge < -0.3 is 19.5 Å². The second-order valence-corrected chi connectivity index (χ2v) is 10.2. The van der Waals surface area contributed by atoms with Crippen LogP contribution in [0.15, 0.2) is 30.3 Å². The molecule has 1 unspecified atom stereocenters. The highest BCUT2D eigenvalue weighted by molar-refractivity contribution is 5.90. The maximum Gasteiger partial charge on any atom is 0.348 e.